The number of phenols is 1. The normalized spacial score (nSPS) is 15.3. The standard InChI is InChI=1S/C15H15BrN2O3/c16-14-13(5-10-21-14)15(20)18-8-6-17(7-9-18)11-1-3-12(19)4-2-11/h1-5,10,19H,6-9H2. The molecule has 3 rings (SSSR count). The largest absolute Gasteiger partial charge is 0.508 e. The zero-order valence-electron chi connectivity index (χ0n) is 11.3. The van der Waals surface area contributed by atoms with Gasteiger partial charge in [-0.05, 0) is 46.3 Å². The van der Waals surface area contributed by atoms with Crippen LogP contribution >= 0.6 is 15.9 Å². The van der Waals surface area contributed by atoms with Crippen LogP contribution in [0.15, 0.2) is 45.7 Å². The van der Waals surface area contributed by atoms with Gasteiger partial charge in [-0.3, -0.25) is 4.79 Å². The molecule has 1 saturated heterocycles. The van der Waals surface area contributed by atoms with Crippen molar-refractivity contribution >= 4 is 27.5 Å². The fourth-order valence-corrected chi connectivity index (χ4v) is 2.86. The van der Waals surface area contributed by atoms with Crippen LogP contribution in [-0.2, 0) is 0 Å². The molecule has 5 nitrogen and oxygen atoms in total. The number of nitrogens with zero attached hydrogens (tertiary/aromatic N) is 2. The van der Waals surface area contributed by atoms with Gasteiger partial charge >= 0.3 is 0 Å². The van der Waals surface area contributed by atoms with Gasteiger partial charge in [0.1, 0.15) is 5.75 Å². The van der Waals surface area contributed by atoms with E-state index < -0.39 is 0 Å². The van der Waals surface area contributed by atoms with Crippen LogP contribution in [-0.4, -0.2) is 42.1 Å². The molecule has 1 aromatic heterocycles. The molecular formula is C15H15BrN2O3. The summed E-state index contributed by atoms with van der Waals surface area (Å²) in [6, 6.07) is 8.81. The van der Waals surface area contributed by atoms with Gasteiger partial charge in [-0.2, -0.15) is 0 Å². The average molecular weight is 351 g/mol. The molecule has 0 radical (unpaired) electrons. The van der Waals surface area contributed by atoms with Crippen molar-refractivity contribution in [3.05, 3.63) is 46.8 Å². The highest BCUT2D eigenvalue weighted by atomic mass is 79.9. The van der Waals surface area contributed by atoms with Gasteiger partial charge in [-0.25, -0.2) is 0 Å². The Balaban J connectivity index is 1.64. The number of anilines is 1. The van der Waals surface area contributed by atoms with Gasteiger partial charge < -0.3 is 19.3 Å². The Morgan fingerprint density at radius 1 is 1.10 bits per heavy atom. The zero-order valence-corrected chi connectivity index (χ0v) is 12.9. The number of piperazine rings is 1. The van der Waals surface area contributed by atoms with Crippen LogP contribution in [0.5, 0.6) is 5.75 Å². The molecule has 1 aliphatic rings. The Hall–Kier alpha value is -1.95. The van der Waals surface area contributed by atoms with Crippen molar-refractivity contribution in [1.29, 1.82) is 0 Å². The Labute approximate surface area is 130 Å². The lowest BCUT2D eigenvalue weighted by Gasteiger charge is -2.36. The van der Waals surface area contributed by atoms with E-state index in [0.717, 1.165) is 18.8 Å². The highest BCUT2D eigenvalue weighted by Crippen LogP contribution is 2.22. The second kappa shape index (κ2) is 5.81. The van der Waals surface area contributed by atoms with Crippen LogP contribution in [0.2, 0.25) is 0 Å². The maximum atomic E-state index is 12.4. The van der Waals surface area contributed by atoms with E-state index >= 15 is 0 Å². The summed E-state index contributed by atoms with van der Waals surface area (Å²) in [5.74, 6) is 0.248. The molecule has 0 aliphatic carbocycles. The van der Waals surface area contributed by atoms with E-state index in [9.17, 15) is 9.90 Å². The van der Waals surface area contributed by atoms with Crippen molar-refractivity contribution in [2.24, 2.45) is 0 Å². The SMILES string of the molecule is O=C(c1ccoc1Br)N1CCN(c2ccc(O)cc2)CC1. The number of carbonyl (C=O) groups is 1. The van der Waals surface area contributed by atoms with Crippen LogP contribution in [0.3, 0.4) is 0 Å². The first-order valence-electron chi connectivity index (χ1n) is 6.71. The van der Waals surface area contributed by atoms with Crippen molar-refractivity contribution in [2.75, 3.05) is 31.1 Å². The Kier molecular flexibility index (Phi) is 3.88. The predicted octanol–water partition coefficient (Wildman–Crippen LogP) is 2.71. The molecule has 6 heteroatoms. The summed E-state index contributed by atoms with van der Waals surface area (Å²) < 4.78 is 5.59. The minimum Gasteiger partial charge on any atom is -0.508 e. The number of aromatic hydroxyl groups is 1. The van der Waals surface area contributed by atoms with Crippen LogP contribution in [0.1, 0.15) is 10.4 Å². The quantitative estimate of drug-likeness (QED) is 0.904. The molecular weight excluding hydrogens is 336 g/mol. The van der Waals surface area contributed by atoms with Crippen molar-refractivity contribution in [2.45, 2.75) is 0 Å². The maximum absolute atomic E-state index is 12.4. The number of rotatable bonds is 2. The number of furan rings is 1. The van der Waals surface area contributed by atoms with Crippen LogP contribution in [0.25, 0.3) is 0 Å². The molecule has 2 aromatic rings. The van der Waals surface area contributed by atoms with Gasteiger partial charge in [0.15, 0.2) is 4.67 Å². The van der Waals surface area contributed by atoms with Gasteiger partial charge in [0, 0.05) is 31.9 Å². The highest BCUT2D eigenvalue weighted by Gasteiger charge is 2.24. The lowest BCUT2D eigenvalue weighted by Crippen LogP contribution is -2.48. The number of phenolic OH excluding ortho intramolecular Hbond substituents is 1. The highest BCUT2D eigenvalue weighted by molar-refractivity contribution is 9.10. The van der Waals surface area contributed by atoms with E-state index in [1.807, 2.05) is 17.0 Å². The first kappa shape index (κ1) is 14.0. The predicted molar refractivity (Wildman–Crippen MR) is 82.6 cm³/mol. The van der Waals surface area contributed by atoms with Gasteiger partial charge in [0.25, 0.3) is 5.91 Å². The Bertz CT molecular complexity index is 631. The fourth-order valence-electron chi connectivity index (χ4n) is 2.45. The monoisotopic (exact) mass is 350 g/mol. The summed E-state index contributed by atoms with van der Waals surface area (Å²) in [6.45, 7) is 2.87. The summed E-state index contributed by atoms with van der Waals surface area (Å²) >= 11 is 3.24. The zero-order chi connectivity index (χ0) is 14.8. The van der Waals surface area contributed by atoms with Gasteiger partial charge in [-0.15, -0.1) is 0 Å². The minimum atomic E-state index is -0.0130. The molecule has 21 heavy (non-hydrogen) atoms. The van der Waals surface area contributed by atoms with Gasteiger partial charge in [0.05, 0.1) is 11.8 Å². The molecule has 1 fully saturated rings. The molecule has 0 atom stereocenters. The van der Waals surface area contributed by atoms with E-state index in [1.54, 1.807) is 18.2 Å². The third kappa shape index (κ3) is 2.90. The number of hydrogen-bond acceptors (Lipinski definition) is 4. The summed E-state index contributed by atoms with van der Waals surface area (Å²) in [5.41, 5.74) is 1.62. The van der Waals surface area contributed by atoms with Gasteiger partial charge in [-0.1, -0.05) is 0 Å². The van der Waals surface area contributed by atoms with E-state index in [4.69, 9.17) is 4.42 Å². The van der Waals surface area contributed by atoms with Crippen LogP contribution < -0.4 is 4.90 Å². The summed E-state index contributed by atoms with van der Waals surface area (Å²) in [6.07, 6.45) is 1.50. The first-order chi connectivity index (χ1) is 10.1. The number of benzene rings is 1. The molecule has 1 aliphatic heterocycles. The molecule has 0 unspecified atom stereocenters. The molecule has 0 bridgehead atoms. The second-order valence-electron chi connectivity index (χ2n) is 4.90. The number of carbonyl (C=O) groups excluding carboxylic acids is 1. The molecule has 110 valence electrons. The summed E-state index contributed by atoms with van der Waals surface area (Å²) in [7, 11) is 0. The lowest BCUT2D eigenvalue weighted by molar-refractivity contribution is 0.0745. The summed E-state index contributed by atoms with van der Waals surface area (Å²) in [4.78, 5) is 16.4. The molecule has 2 heterocycles. The first-order valence-corrected chi connectivity index (χ1v) is 7.51. The Morgan fingerprint density at radius 2 is 1.76 bits per heavy atom. The van der Waals surface area contributed by atoms with E-state index in [2.05, 4.69) is 20.8 Å². The Morgan fingerprint density at radius 3 is 2.33 bits per heavy atom. The fraction of sp³-hybridized carbons (Fsp3) is 0.267. The molecule has 0 spiro atoms. The van der Waals surface area contributed by atoms with E-state index in [1.165, 1.54) is 6.26 Å². The third-order valence-corrected chi connectivity index (χ3v) is 4.24. The topological polar surface area (TPSA) is 56.9 Å². The lowest BCUT2D eigenvalue weighted by atomic mass is 10.2. The minimum absolute atomic E-state index is 0.0130. The number of hydrogen-bond donors (Lipinski definition) is 1. The van der Waals surface area contributed by atoms with Gasteiger partial charge in [0.2, 0.25) is 0 Å². The van der Waals surface area contributed by atoms with Crippen molar-refractivity contribution in [3.8, 4) is 5.75 Å². The smallest absolute Gasteiger partial charge is 0.258 e. The molecule has 1 aromatic carbocycles. The van der Waals surface area contributed by atoms with E-state index in [-0.39, 0.29) is 11.7 Å². The van der Waals surface area contributed by atoms with Crippen molar-refractivity contribution in [1.82, 2.24) is 4.90 Å². The van der Waals surface area contributed by atoms with Crippen molar-refractivity contribution in [3.63, 3.8) is 0 Å². The third-order valence-electron chi connectivity index (χ3n) is 3.63. The van der Waals surface area contributed by atoms with E-state index in [0.29, 0.717) is 23.3 Å². The van der Waals surface area contributed by atoms with Crippen LogP contribution in [0.4, 0.5) is 5.69 Å². The second-order valence-corrected chi connectivity index (χ2v) is 5.62. The maximum Gasteiger partial charge on any atom is 0.258 e. The number of halogens is 1. The number of amides is 1. The average Bonchev–Trinajstić information content (AvgIpc) is 2.94. The molecule has 0 saturated carbocycles. The summed E-state index contributed by atoms with van der Waals surface area (Å²) in [5, 5.41) is 9.32. The molecule has 1 N–H and O–H groups in total. The van der Waals surface area contributed by atoms with Crippen LogP contribution in [0, 0.1) is 0 Å². The van der Waals surface area contributed by atoms with Crippen molar-refractivity contribution < 1.29 is 14.3 Å². The molecule has 1 amide bonds.